The Hall–Kier alpha value is -0.940. The zero-order valence-electron chi connectivity index (χ0n) is 12.3. The summed E-state index contributed by atoms with van der Waals surface area (Å²) in [5.41, 5.74) is 0. The molecular formula is C14H25N3O2. The van der Waals surface area contributed by atoms with Gasteiger partial charge < -0.3 is 9.63 Å². The summed E-state index contributed by atoms with van der Waals surface area (Å²) >= 11 is 0. The van der Waals surface area contributed by atoms with Crippen molar-refractivity contribution in [2.24, 2.45) is 5.92 Å². The lowest BCUT2D eigenvalue weighted by Gasteiger charge is -2.35. The molecule has 0 spiro atoms. The van der Waals surface area contributed by atoms with E-state index in [-0.39, 0.29) is 12.1 Å². The van der Waals surface area contributed by atoms with Gasteiger partial charge in [-0.2, -0.15) is 4.98 Å². The van der Waals surface area contributed by atoms with E-state index < -0.39 is 0 Å². The summed E-state index contributed by atoms with van der Waals surface area (Å²) in [4.78, 5) is 6.83. The molecule has 0 aromatic carbocycles. The summed E-state index contributed by atoms with van der Waals surface area (Å²) in [6.45, 7) is 10.1. The summed E-state index contributed by atoms with van der Waals surface area (Å²) in [6.07, 6.45) is 1.87. The van der Waals surface area contributed by atoms with E-state index in [1.807, 2.05) is 6.92 Å². The van der Waals surface area contributed by atoms with Crippen molar-refractivity contribution in [1.82, 2.24) is 15.0 Å². The molecule has 0 radical (unpaired) electrons. The second-order valence-corrected chi connectivity index (χ2v) is 5.94. The Balaban J connectivity index is 1.95. The van der Waals surface area contributed by atoms with E-state index in [0.717, 1.165) is 31.8 Å². The van der Waals surface area contributed by atoms with Crippen LogP contribution in [0.25, 0.3) is 0 Å². The Bertz CT molecular complexity index is 395. The standard InChI is InChI=1S/C14H25N3O2/c1-9(2)13-15-14(19-16-13)10(3)17-7-5-12(6-8-17)11(4)18/h9-12,18H,5-8H2,1-4H3. The van der Waals surface area contributed by atoms with Gasteiger partial charge in [-0.1, -0.05) is 19.0 Å². The van der Waals surface area contributed by atoms with Gasteiger partial charge in [-0.3, -0.25) is 4.90 Å². The van der Waals surface area contributed by atoms with Crippen LogP contribution in [-0.2, 0) is 0 Å². The molecule has 1 aromatic heterocycles. The van der Waals surface area contributed by atoms with Crippen molar-refractivity contribution in [3.63, 3.8) is 0 Å². The first kappa shape index (κ1) is 14.5. The number of aromatic nitrogens is 2. The van der Waals surface area contributed by atoms with E-state index in [1.54, 1.807) is 0 Å². The molecule has 1 saturated heterocycles. The Morgan fingerprint density at radius 3 is 2.32 bits per heavy atom. The fourth-order valence-electron chi connectivity index (χ4n) is 2.60. The van der Waals surface area contributed by atoms with Crippen LogP contribution >= 0.6 is 0 Å². The molecule has 0 aliphatic carbocycles. The van der Waals surface area contributed by atoms with Crippen LogP contribution in [0.4, 0.5) is 0 Å². The summed E-state index contributed by atoms with van der Waals surface area (Å²) in [5.74, 6) is 2.21. The Kier molecular flexibility index (Phi) is 4.58. The van der Waals surface area contributed by atoms with Gasteiger partial charge in [0.25, 0.3) is 0 Å². The van der Waals surface area contributed by atoms with Crippen molar-refractivity contribution in [3.8, 4) is 0 Å². The van der Waals surface area contributed by atoms with E-state index in [9.17, 15) is 5.11 Å². The van der Waals surface area contributed by atoms with Gasteiger partial charge >= 0.3 is 0 Å². The average Bonchev–Trinajstić information content (AvgIpc) is 2.87. The van der Waals surface area contributed by atoms with Gasteiger partial charge in [0.1, 0.15) is 0 Å². The van der Waals surface area contributed by atoms with Crippen LogP contribution in [0.5, 0.6) is 0 Å². The fraction of sp³-hybridized carbons (Fsp3) is 0.857. The quantitative estimate of drug-likeness (QED) is 0.907. The molecule has 2 atom stereocenters. The van der Waals surface area contributed by atoms with Crippen molar-refractivity contribution < 1.29 is 9.63 Å². The highest BCUT2D eigenvalue weighted by Gasteiger charge is 2.28. The maximum absolute atomic E-state index is 9.62. The third-order valence-electron chi connectivity index (χ3n) is 4.14. The molecule has 2 heterocycles. The molecule has 1 aliphatic heterocycles. The highest BCUT2D eigenvalue weighted by Crippen LogP contribution is 2.27. The van der Waals surface area contributed by atoms with Crippen molar-refractivity contribution in [3.05, 3.63) is 11.7 Å². The summed E-state index contributed by atoms with van der Waals surface area (Å²) in [6, 6.07) is 0.162. The third-order valence-corrected chi connectivity index (χ3v) is 4.14. The Morgan fingerprint density at radius 2 is 1.84 bits per heavy atom. The van der Waals surface area contributed by atoms with E-state index >= 15 is 0 Å². The van der Waals surface area contributed by atoms with Crippen molar-refractivity contribution in [2.45, 2.75) is 58.6 Å². The predicted molar refractivity (Wildman–Crippen MR) is 72.8 cm³/mol. The van der Waals surface area contributed by atoms with Crippen molar-refractivity contribution >= 4 is 0 Å². The number of rotatable bonds is 4. The zero-order chi connectivity index (χ0) is 14.0. The predicted octanol–water partition coefficient (Wildman–Crippen LogP) is 2.35. The van der Waals surface area contributed by atoms with Gasteiger partial charge in [0.05, 0.1) is 12.1 Å². The van der Waals surface area contributed by atoms with Crippen LogP contribution in [0.1, 0.15) is 64.2 Å². The molecule has 1 aliphatic rings. The molecule has 19 heavy (non-hydrogen) atoms. The highest BCUT2D eigenvalue weighted by molar-refractivity contribution is 4.96. The minimum Gasteiger partial charge on any atom is -0.393 e. The number of aliphatic hydroxyl groups is 1. The van der Waals surface area contributed by atoms with Crippen LogP contribution in [0, 0.1) is 5.92 Å². The number of nitrogens with zero attached hydrogens (tertiary/aromatic N) is 3. The van der Waals surface area contributed by atoms with E-state index in [0.29, 0.717) is 17.7 Å². The highest BCUT2D eigenvalue weighted by atomic mass is 16.5. The minimum atomic E-state index is -0.201. The molecule has 108 valence electrons. The van der Waals surface area contributed by atoms with Crippen LogP contribution in [0.2, 0.25) is 0 Å². The molecule has 1 aromatic rings. The minimum absolute atomic E-state index is 0.162. The number of hydrogen-bond acceptors (Lipinski definition) is 5. The van der Waals surface area contributed by atoms with E-state index in [1.165, 1.54) is 0 Å². The largest absolute Gasteiger partial charge is 0.393 e. The van der Waals surface area contributed by atoms with Crippen LogP contribution in [0.15, 0.2) is 4.52 Å². The Morgan fingerprint density at radius 1 is 1.21 bits per heavy atom. The van der Waals surface area contributed by atoms with E-state index in [4.69, 9.17) is 4.52 Å². The van der Waals surface area contributed by atoms with Gasteiger partial charge in [0, 0.05) is 5.92 Å². The Labute approximate surface area is 115 Å². The first-order chi connectivity index (χ1) is 8.99. The zero-order valence-corrected chi connectivity index (χ0v) is 12.3. The molecule has 2 unspecified atom stereocenters. The fourth-order valence-corrected chi connectivity index (χ4v) is 2.60. The monoisotopic (exact) mass is 267 g/mol. The summed E-state index contributed by atoms with van der Waals surface area (Å²) in [7, 11) is 0. The average molecular weight is 267 g/mol. The van der Waals surface area contributed by atoms with Gasteiger partial charge in [-0.15, -0.1) is 0 Å². The van der Waals surface area contributed by atoms with Crippen LogP contribution in [0.3, 0.4) is 0 Å². The number of piperidine rings is 1. The van der Waals surface area contributed by atoms with E-state index in [2.05, 4.69) is 35.8 Å². The molecular weight excluding hydrogens is 242 g/mol. The molecule has 2 rings (SSSR count). The maximum atomic E-state index is 9.62. The molecule has 5 heteroatoms. The van der Waals surface area contributed by atoms with Gasteiger partial charge in [0.2, 0.25) is 5.89 Å². The van der Waals surface area contributed by atoms with Crippen LogP contribution < -0.4 is 0 Å². The maximum Gasteiger partial charge on any atom is 0.243 e. The SMILES string of the molecule is CC(C)c1noc(C(C)N2CCC(C(C)O)CC2)n1. The first-order valence-electron chi connectivity index (χ1n) is 7.24. The second kappa shape index (κ2) is 6.01. The summed E-state index contributed by atoms with van der Waals surface area (Å²) in [5, 5.41) is 13.6. The van der Waals surface area contributed by atoms with Gasteiger partial charge in [0.15, 0.2) is 5.82 Å². The molecule has 1 N–H and O–H groups in total. The number of hydrogen-bond donors (Lipinski definition) is 1. The molecule has 1 fully saturated rings. The van der Waals surface area contributed by atoms with Crippen molar-refractivity contribution in [1.29, 1.82) is 0 Å². The van der Waals surface area contributed by atoms with Gasteiger partial charge in [-0.05, 0) is 45.7 Å². The lowest BCUT2D eigenvalue weighted by molar-refractivity contribution is 0.0524. The lowest BCUT2D eigenvalue weighted by Crippen LogP contribution is -2.38. The molecule has 0 saturated carbocycles. The molecule has 0 bridgehead atoms. The summed E-state index contributed by atoms with van der Waals surface area (Å²) < 4.78 is 5.36. The van der Waals surface area contributed by atoms with Crippen molar-refractivity contribution in [2.75, 3.05) is 13.1 Å². The third kappa shape index (κ3) is 3.34. The smallest absolute Gasteiger partial charge is 0.243 e. The number of aliphatic hydroxyl groups excluding tert-OH is 1. The molecule has 0 amide bonds. The lowest BCUT2D eigenvalue weighted by atomic mass is 9.91. The van der Waals surface area contributed by atoms with Gasteiger partial charge in [-0.25, -0.2) is 0 Å². The number of likely N-dealkylation sites (tertiary alicyclic amines) is 1. The molecule has 5 nitrogen and oxygen atoms in total. The second-order valence-electron chi connectivity index (χ2n) is 5.94. The first-order valence-corrected chi connectivity index (χ1v) is 7.24. The normalized spacial score (nSPS) is 21.8. The van der Waals surface area contributed by atoms with Crippen LogP contribution in [-0.4, -0.2) is 39.3 Å². The topological polar surface area (TPSA) is 62.4 Å².